The van der Waals surface area contributed by atoms with Gasteiger partial charge in [-0.3, -0.25) is 19.3 Å². The summed E-state index contributed by atoms with van der Waals surface area (Å²) < 4.78 is 31.7. The molecule has 6 N–H and O–H groups in total. The Hall–Kier alpha value is -3.89. The molecule has 0 bridgehead atoms. The summed E-state index contributed by atoms with van der Waals surface area (Å²) >= 11 is 1.53. The number of aliphatic carboxylic acids is 2. The van der Waals surface area contributed by atoms with Crippen LogP contribution in [0.1, 0.15) is 31.7 Å². The molecular formula is C30H40F3N5O7S. The number of carboxylic acid groups (broad SMARTS) is 2. The van der Waals surface area contributed by atoms with Crippen LogP contribution in [-0.2, 0) is 30.5 Å². The first-order valence-electron chi connectivity index (χ1n) is 14.4. The first kappa shape index (κ1) is 38.3. The second-order valence-electron chi connectivity index (χ2n) is 10.7. The number of rotatable bonds is 14. The standard InChI is InChI=1S/C28H39N5O5S.C2HF3O2/c1-19(34)30-15-24(29)27(36)33-13-6-10-22(33)17-32(18-26(35)31-25(28(37)38)12-14-39-2)16-21-9-5-8-20-7-3-4-11-23(20)21;3-2(4,5)1(6)7/h3-5,7-9,11,22,24-25H,6,10,12-18,29H2,1-2H3,(H,30,34)(H,31,35)(H,37,38);(H,6,7)/t22-,24?,25?;/m0./s1. The quantitative estimate of drug-likeness (QED) is 0.199. The van der Waals surface area contributed by atoms with Crippen molar-refractivity contribution >= 4 is 52.2 Å². The second kappa shape index (κ2) is 18.3. The van der Waals surface area contributed by atoms with E-state index >= 15 is 0 Å². The number of likely N-dealkylation sites (tertiary alicyclic amines) is 1. The lowest BCUT2D eigenvalue weighted by Gasteiger charge is -2.32. The van der Waals surface area contributed by atoms with Gasteiger partial charge in [-0.05, 0) is 47.6 Å². The molecule has 46 heavy (non-hydrogen) atoms. The van der Waals surface area contributed by atoms with Crippen molar-refractivity contribution < 1.29 is 47.4 Å². The van der Waals surface area contributed by atoms with Crippen molar-refractivity contribution in [3.8, 4) is 0 Å². The maximum atomic E-state index is 13.1. The van der Waals surface area contributed by atoms with Gasteiger partial charge < -0.3 is 31.5 Å². The molecular weight excluding hydrogens is 631 g/mol. The lowest BCUT2D eigenvalue weighted by atomic mass is 10.0. The number of hydrogen-bond acceptors (Lipinski definition) is 8. The van der Waals surface area contributed by atoms with E-state index in [4.69, 9.17) is 15.6 Å². The maximum Gasteiger partial charge on any atom is 0.490 e. The van der Waals surface area contributed by atoms with Gasteiger partial charge in [0.25, 0.3) is 0 Å². The van der Waals surface area contributed by atoms with Crippen molar-refractivity contribution in [1.29, 1.82) is 0 Å². The van der Waals surface area contributed by atoms with Crippen LogP contribution in [0.4, 0.5) is 13.2 Å². The number of halogens is 3. The van der Waals surface area contributed by atoms with Crippen LogP contribution in [0.15, 0.2) is 42.5 Å². The van der Waals surface area contributed by atoms with Crippen LogP contribution in [-0.4, -0.2) is 112 Å². The number of benzene rings is 2. The summed E-state index contributed by atoms with van der Waals surface area (Å²) in [7, 11) is 0. The molecule has 3 atom stereocenters. The number of amides is 3. The predicted molar refractivity (Wildman–Crippen MR) is 167 cm³/mol. The van der Waals surface area contributed by atoms with Gasteiger partial charge in [-0.15, -0.1) is 0 Å². The lowest BCUT2D eigenvalue weighted by molar-refractivity contribution is -0.192. The van der Waals surface area contributed by atoms with Crippen LogP contribution in [0.3, 0.4) is 0 Å². The SMILES string of the molecule is CSCCC(NC(=O)CN(Cc1cccc2ccccc12)C[C@@H]1CCCN1C(=O)C(N)CNC(C)=O)C(=O)O.O=C(O)C(F)(F)F. The highest BCUT2D eigenvalue weighted by atomic mass is 32.2. The number of thioether (sulfide) groups is 1. The second-order valence-corrected chi connectivity index (χ2v) is 11.7. The Morgan fingerprint density at radius 1 is 1.11 bits per heavy atom. The molecule has 0 saturated carbocycles. The molecule has 3 rings (SSSR count). The number of nitrogens with two attached hydrogens (primary N) is 1. The topological polar surface area (TPSA) is 182 Å². The van der Waals surface area contributed by atoms with Crippen LogP contribution < -0.4 is 16.4 Å². The number of hydrogen-bond donors (Lipinski definition) is 5. The number of carbonyl (C=O) groups excluding carboxylic acids is 3. The van der Waals surface area contributed by atoms with Crippen molar-refractivity contribution in [3.63, 3.8) is 0 Å². The Labute approximate surface area is 268 Å². The molecule has 1 aliphatic rings. The Morgan fingerprint density at radius 3 is 2.37 bits per heavy atom. The number of carboxylic acids is 2. The van der Waals surface area contributed by atoms with E-state index in [1.54, 1.807) is 4.90 Å². The van der Waals surface area contributed by atoms with Crippen molar-refractivity contribution in [1.82, 2.24) is 20.4 Å². The molecule has 1 fully saturated rings. The third-order valence-electron chi connectivity index (χ3n) is 7.14. The zero-order chi connectivity index (χ0) is 34.4. The number of carbonyl (C=O) groups is 5. The van der Waals surface area contributed by atoms with Crippen LogP contribution in [0, 0.1) is 0 Å². The van der Waals surface area contributed by atoms with Crippen molar-refractivity contribution in [2.24, 2.45) is 5.73 Å². The number of fused-ring (bicyclic) bond motifs is 1. The molecule has 2 unspecified atom stereocenters. The molecule has 3 amide bonds. The Morgan fingerprint density at radius 2 is 1.76 bits per heavy atom. The maximum absolute atomic E-state index is 13.1. The van der Waals surface area contributed by atoms with Gasteiger partial charge in [0.1, 0.15) is 12.1 Å². The first-order valence-corrected chi connectivity index (χ1v) is 15.8. The van der Waals surface area contributed by atoms with E-state index in [-0.39, 0.29) is 36.9 Å². The van der Waals surface area contributed by atoms with Gasteiger partial charge in [0, 0.05) is 39.1 Å². The number of nitrogens with one attached hydrogen (secondary N) is 2. The minimum absolute atomic E-state index is 0.0112. The van der Waals surface area contributed by atoms with Crippen LogP contribution in [0.2, 0.25) is 0 Å². The zero-order valence-electron chi connectivity index (χ0n) is 25.6. The third kappa shape index (κ3) is 12.5. The smallest absolute Gasteiger partial charge is 0.480 e. The van der Waals surface area contributed by atoms with Gasteiger partial charge in [-0.2, -0.15) is 24.9 Å². The van der Waals surface area contributed by atoms with E-state index in [0.717, 1.165) is 29.2 Å². The van der Waals surface area contributed by atoms with Gasteiger partial charge in [0.15, 0.2) is 0 Å². The Bertz CT molecular complexity index is 1360. The Kier molecular flexibility index (Phi) is 15.2. The van der Waals surface area contributed by atoms with Crippen molar-refractivity contribution in [2.45, 2.75) is 57.0 Å². The summed E-state index contributed by atoms with van der Waals surface area (Å²) in [6.07, 6.45) is -1.28. The molecule has 1 aliphatic heterocycles. The predicted octanol–water partition coefficient (Wildman–Crippen LogP) is 2.05. The fourth-order valence-electron chi connectivity index (χ4n) is 4.96. The summed E-state index contributed by atoms with van der Waals surface area (Å²) in [6, 6.07) is 12.1. The summed E-state index contributed by atoms with van der Waals surface area (Å²) in [4.78, 5) is 61.8. The molecule has 0 aromatic heterocycles. The zero-order valence-corrected chi connectivity index (χ0v) is 26.4. The van der Waals surface area contributed by atoms with Gasteiger partial charge in [-0.25, -0.2) is 9.59 Å². The fraction of sp³-hybridized carbons (Fsp3) is 0.500. The summed E-state index contributed by atoms with van der Waals surface area (Å²) in [5, 5.41) is 24.1. The largest absolute Gasteiger partial charge is 0.490 e. The van der Waals surface area contributed by atoms with Gasteiger partial charge in [0.2, 0.25) is 17.7 Å². The summed E-state index contributed by atoms with van der Waals surface area (Å²) in [5.74, 6) is -4.05. The van der Waals surface area contributed by atoms with Crippen molar-refractivity contribution in [2.75, 3.05) is 38.2 Å². The highest BCUT2D eigenvalue weighted by molar-refractivity contribution is 7.98. The molecule has 2 aromatic carbocycles. The average Bonchev–Trinajstić information content (AvgIpc) is 3.45. The minimum atomic E-state index is -5.08. The molecule has 0 spiro atoms. The number of nitrogens with zero attached hydrogens (tertiary/aromatic N) is 2. The van der Waals surface area contributed by atoms with Crippen LogP contribution in [0.25, 0.3) is 10.8 Å². The lowest BCUT2D eigenvalue weighted by Crippen LogP contribution is -2.53. The van der Waals surface area contributed by atoms with Crippen molar-refractivity contribution in [3.05, 3.63) is 48.0 Å². The monoisotopic (exact) mass is 671 g/mol. The molecule has 12 nitrogen and oxygen atoms in total. The first-order chi connectivity index (χ1) is 21.6. The molecule has 0 radical (unpaired) electrons. The highest BCUT2D eigenvalue weighted by Gasteiger charge is 2.38. The van der Waals surface area contributed by atoms with Crippen LogP contribution in [0.5, 0.6) is 0 Å². The van der Waals surface area contributed by atoms with E-state index in [1.807, 2.05) is 53.6 Å². The third-order valence-corrected chi connectivity index (χ3v) is 7.79. The minimum Gasteiger partial charge on any atom is -0.480 e. The van der Waals surface area contributed by atoms with E-state index in [2.05, 4.69) is 10.6 Å². The molecule has 1 saturated heterocycles. The molecule has 16 heteroatoms. The van der Waals surface area contributed by atoms with Gasteiger partial charge >= 0.3 is 18.1 Å². The normalized spacial score (nSPS) is 15.9. The molecule has 0 aliphatic carbocycles. The summed E-state index contributed by atoms with van der Waals surface area (Å²) in [6.45, 7) is 2.86. The van der Waals surface area contributed by atoms with E-state index in [0.29, 0.717) is 31.8 Å². The van der Waals surface area contributed by atoms with Crippen LogP contribution >= 0.6 is 11.8 Å². The van der Waals surface area contributed by atoms with Gasteiger partial charge in [0.05, 0.1) is 6.54 Å². The molecule has 2 aromatic rings. The highest BCUT2D eigenvalue weighted by Crippen LogP contribution is 2.23. The number of alkyl halides is 3. The van der Waals surface area contributed by atoms with E-state index < -0.39 is 30.2 Å². The van der Waals surface area contributed by atoms with E-state index in [1.165, 1.54) is 18.7 Å². The van der Waals surface area contributed by atoms with Gasteiger partial charge in [-0.1, -0.05) is 42.5 Å². The van der Waals surface area contributed by atoms with E-state index in [9.17, 15) is 37.5 Å². The average molecular weight is 672 g/mol. The summed E-state index contributed by atoms with van der Waals surface area (Å²) in [5.41, 5.74) is 7.13. The molecule has 254 valence electrons. The fourth-order valence-corrected chi connectivity index (χ4v) is 5.43. The molecule has 1 heterocycles. The Balaban J connectivity index is 0.000000942.